The largest absolute Gasteiger partial charge is 0.438 e. The molecule has 1 aromatic carbocycles. The van der Waals surface area contributed by atoms with Crippen LogP contribution >= 0.6 is 0 Å². The summed E-state index contributed by atoms with van der Waals surface area (Å²) in [5.41, 5.74) is 6.53. The monoisotopic (exact) mass is 351 g/mol. The fourth-order valence-corrected chi connectivity index (χ4v) is 3.83. The lowest BCUT2D eigenvalue weighted by molar-refractivity contribution is 0.439. The van der Waals surface area contributed by atoms with Gasteiger partial charge in [0.1, 0.15) is 5.75 Å². The zero-order valence-corrected chi connectivity index (χ0v) is 17.0. The molecule has 0 saturated carbocycles. The zero-order valence-electron chi connectivity index (χ0n) is 17.0. The molecule has 3 aromatic rings. The van der Waals surface area contributed by atoms with Crippen LogP contribution < -0.4 is 4.74 Å². The molecule has 0 aliphatic rings. The van der Waals surface area contributed by atoms with Crippen LogP contribution in [-0.4, -0.2) is 14.8 Å². The second kappa shape index (κ2) is 7.10. The standard InChI is InChI=1S/C22H29N3O/c1-8-18(9-2)25-19-12-16(6)23-22(20(19)17(7)24-25)26-21-14(4)10-13(3)11-15(21)5/h10-12,18H,8-9H2,1-7H3. The molecule has 0 aliphatic heterocycles. The summed E-state index contributed by atoms with van der Waals surface area (Å²) >= 11 is 0. The summed E-state index contributed by atoms with van der Waals surface area (Å²) in [5, 5.41) is 5.85. The SMILES string of the molecule is CCC(CC)n1nc(C)c2c(Oc3c(C)cc(C)cc3C)nc(C)cc21. The molecule has 26 heavy (non-hydrogen) atoms. The topological polar surface area (TPSA) is 39.9 Å². The number of fused-ring (bicyclic) bond motifs is 1. The summed E-state index contributed by atoms with van der Waals surface area (Å²) in [4.78, 5) is 4.71. The van der Waals surface area contributed by atoms with Crippen LogP contribution in [0.25, 0.3) is 10.9 Å². The summed E-state index contributed by atoms with van der Waals surface area (Å²) < 4.78 is 8.52. The molecule has 2 heterocycles. The summed E-state index contributed by atoms with van der Waals surface area (Å²) in [7, 11) is 0. The van der Waals surface area contributed by atoms with Gasteiger partial charge >= 0.3 is 0 Å². The number of benzene rings is 1. The van der Waals surface area contributed by atoms with E-state index in [1.165, 1.54) is 5.56 Å². The molecule has 0 fully saturated rings. The minimum Gasteiger partial charge on any atom is -0.438 e. The molecule has 0 atom stereocenters. The maximum absolute atomic E-state index is 6.37. The van der Waals surface area contributed by atoms with Gasteiger partial charge in [-0.25, -0.2) is 4.98 Å². The molecule has 0 N–H and O–H groups in total. The van der Waals surface area contributed by atoms with Crippen LogP contribution in [-0.2, 0) is 0 Å². The predicted octanol–water partition coefficient (Wildman–Crippen LogP) is 6.13. The normalized spacial score (nSPS) is 11.5. The van der Waals surface area contributed by atoms with Gasteiger partial charge < -0.3 is 4.74 Å². The number of pyridine rings is 1. The minimum absolute atomic E-state index is 0.392. The first-order valence-electron chi connectivity index (χ1n) is 9.47. The third-order valence-corrected chi connectivity index (χ3v) is 5.05. The molecule has 0 unspecified atom stereocenters. The van der Waals surface area contributed by atoms with E-state index in [0.29, 0.717) is 11.9 Å². The first kappa shape index (κ1) is 18.4. The molecule has 4 nitrogen and oxygen atoms in total. The molecule has 0 saturated heterocycles. The van der Waals surface area contributed by atoms with Gasteiger partial charge in [0.2, 0.25) is 5.88 Å². The molecule has 138 valence electrons. The van der Waals surface area contributed by atoms with Crippen molar-refractivity contribution in [2.24, 2.45) is 0 Å². The Labute approximate surface area is 156 Å². The Morgan fingerprint density at radius 2 is 1.58 bits per heavy atom. The van der Waals surface area contributed by atoms with E-state index in [4.69, 9.17) is 14.8 Å². The highest BCUT2D eigenvalue weighted by Gasteiger charge is 2.20. The molecule has 0 bridgehead atoms. The van der Waals surface area contributed by atoms with Crippen molar-refractivity contribution < 1.29 is 4.74 Å². The van der Waals surface area contributed by atoms with Gasteiger partial charge in [-0.15, -0.1) is 0 Å². The van der Waals surface area contributed by atoms with Crippen molar-refractivity contribution >= 4 is 10.9 Å². The molecule has 0 spiro atoms. The predicted molar refractivity (Wildman–Crippen MR) is 107 cm³/mol. The molecule has 0 aliphatic carbocycles. The second-order valence-electron chi connectivity index (χ2n) is 7.29. The van der Waals surface area contributed by atoms with Crippen molar-refractivity contribution in [3.63, 3.8) is 0 Å². The molecule has 4 heteroatoms. The molecule has 2 aromatic heterocycles. The quantitative estimate of drug-likeness (QED) is 0.555. The van der Waals surface area contributed by atoms with Crippen LogP contribution in [0.15, 0.2) is 18.2 Å². The summed E-state index contributed by atoms with van der Waals surface area (Å²) in [6, 6.07) is 6.81. The Kier molecular flexibility index (Phi) is 5.03. The molecule has 3 rings (SSSR count). The molecular formula is C22H29N3O. The summed E-state index contributed by atoms with van der Waals surface area (Å²) in [6.45, 7) is 14.8. The van der Waals surface area contributed by atoms with Gasteiger partial charge in [-0.05, 0) is 64.7 Å². The molecule has 0 radical (unpaired) electrons. The highest BCUT2D eigenvalue weighted by atomic mass is 16.5. The highest BCUT2D eigenvalue weighted by molar-refractivity contribution is 5.87. The van der Waals surface area contributed by atoms with Gasteiger partial charge in [0.25, 0.3) is 0 Å². The van der Waals surface area contributed by atoms with Crippen LogP contribution in [0.1, 0.15) is 60.8 Å². The third-order valence-electron chi connectivity index (χ3n) is 5.05. The van der Waals surface area contributed by atoms with Gasteiger partial charge in [-0.2, -0.15) is 5.10 Å². The Morgan fingerprint density at radius 3 is 2.15 bits per heavy atom. The maximum atomic E-state index is 6.37. The first-order valence-corrected chi connectivity index (χ1v) is 9.47. The average molecular weight is 351 g/mol. The van der Waals surface area contributed by atoms with E-state index in [9.17, 15) is 0 Å². The zero-order chi connectivity index (χ0) is 19.0. The van der Waals surface area contributed by atoms with E-state index >= 15 is 0 Å². The third kappa shape index (κ3) is 3.20. The Hall–Kier alpha value is -2.36. The van der Waals surface area contributed by atoms with Crippen molar-refractivity contribution in [1.29, 1.82) is 0 Å². The van der Waals surface area contributed by atoms with Crippen molar-refractivity contribution in [2.45, 2.75) is 67.3 Å². The molecule has 0 amide bonds. The van der Waals surface area contributed by atoms with Crippen LogP contribution in [0.5, 0.6) is 11.6 Å². The van der Waals surface area contributed by atoms with Gasteiger partial charge in [-0.3, -0.25) is 4.68 Å². The first-order chi connectivity index (χ1) is 12.3. The van der Waals surface area contributed by atoms with Crippen molar-refractivity contribution in [2.75, 3.05) is 0 Å². The number of aromatic nitrogens is 3. The van der Waals surface area contributed by atoms with Gasteiger partial charge in [-0.1, -0.05) is 31.5 Å². The average Bonchev–Trinajstić information content (AvgIpc) is 2.88. The van der Waals surface area contributed by atoms with Crippen LogP contribution in [0.4, 0.5) is 0 Å². The van der Waals surface area contributed by atoms with Gasteiger partial charge in [0.05, 0.1) is 22.6 Å². The fraction of sp³-hybridized carbons (Fsp3) is 0.455. The number of ether oxygens (including phenoxy) is 1. The van der Waals surface area contributed by atoms with E-state index in [2.05, 4.69) is 57.5 Å². The van der Waals surface area contributed by atoms with E-state index in [1.54, 1.807) is 0 Å². The van der Waals surface area contributed by atoms with Crippen LogP contribution in [0.2, 0.25) is 0 Å². The van der Waals surface area contributed by atoms with Crippen molar-refractivity contribution in [3.8, 4) is 11.6 Å². The fourth-order valence-electron chi connectivity index (χ4n) is 3.83. The van der Waals surface area contributed by atoms with Crippen molar-refractivity contribution in [1.82, 2.24) is 14.8 Å². The van der Waals surface area contributed by atoms with Gasteiger partial charge in [0, 0.05) is 5.69 Å². The van der Waals surface area contributed by atoms with Crippen LogP contribution in [0.3, 0.4) is 0 Å². The van der Waals surface area contributed by atoms with E-state index in [-0.39, 0.29) is 0 Å². The minimum atomic E-state index is 0.392. The Balaban J connectivity index is 2.19. The second-order valence-corrected chi connectivity index (χ2v) is 7.29. The summed E-state index contributed by atoms with van der Waals surface area (Å²) in [5.74, 6) is 1.55. The summed E-state index contributed by atoms with van der Waals surface area (Å²) in [6.07, 6.45) is 2.11. The maximum Gasteiger partial charge on any atom is 0.230 e. The smallest absolute Gasteiger partial charge is 0.230 e. The van der Waals surface area contributed by atoms with E-state index in [0.717, 1.165) is 52.0 Å². The molecular weight excluding hydrogens is 322 g/mol. The lowest BCUT2D eigenvalue weighted by atomic mass is 10.1. The van der Waals surface area contributed by atoms with E-state index in [1.807, 2.05) is 13.8 Å². The van der Waals surface area contributed by atoms with Gasteiger partial charge in [0.15, 0.2) is 0 Å². The van der Waals surface area contributed by atoms with Crippen molar-refractivity contribution in [3.05, 3.63) is 46.3 Å². The highest BCUT2D eigenvalue weighted by Crippen LogP contribution is 2.36. The lowest BCUT2D eigenvalue weighted by Gasteiger charge is -2.16. The Morgan fingerprint density at radius 1 is 0.962 bits per heavy atom. The number of hydrogen-bond donors (Lipinski definition) is 0. The van der Waals surface area contributed by atoms with Crippen LogP contribution in [0, 0.1) is 34.6 Å². The Bertz CT molecular complexity index is 929. The number of aryl methyl sites for hydroxylation is 5. The number of hydrogen-bond acceptors (Lipinski definition) is 3. The number of rotatable bonds is 5. The number of nitrogens with zero attached hydrogens (tertiary/aromatic N) is 3. The lowest BCUT2D eigenvalue weighted by Crippen LogP contribution is -2.08. The van der Waals surface area contributed by atoms with E-state index < -0.39 is 0 Å².